The summed E-state index contributed by atoms with van der Waals surface area (Å²) in [5, 5.41) is 0.519. The van der Waals surface area contributed by atoms with Crippen molar-refractivity contribution in [3.05, 3.63) is 33.3 Å². The number of nitrogens with zero attached hydrogens (tertiary/aromatic N) is 2. The van der Waals surface area contributed by atoms with Crippen LogP contribution in [0.25, 0.3) is 0 Å². The Hall–Kier alpha value is -0.270. The summed E-state index contributed by atoms with van der Waals surface area (Å²) < 4.78 is 6.31. The molecule has 3 rings (SSSR count). The van der Waals surface area contributed by atoms with Gasteiger partial charge >= 0.3 is 0 Å². The largest absolute Gasteiger partial charge is 0.379 e. The molecule has 4 nitrogen and oxygen atoms in total. The van der Waals surface area contributed by atoms with Crippen LogP contribution in [-0.4, -0.2) is 72.6 Å². The first-order chi connectivity index (χ1) is 11.6. The van der Waals surface area contributed by atoms with Crippen molar-refractivity contribution in [3.8, 4) is 0 Å². The van der Waals surface area contributed by atoms with Gasteiger partial charge in [-0.3, -0.25) is 9.69 Å². The highest BCUT2D eigenvalue weighted by atomic mass is 79.9. The van der Waals surface area contributed by atoms with Crippen molar-refractivity contribution in [2.24, 2.45) is 0 Å². The summed E-state index contributed by atoms with van der Waals surface area (Å²) in [5.74, 6) is 2.13. The molecule has 2 saturated heterocycles. The smallest absolute Gasteiger partial charge is 0.255 e. The van der Waals surface area contributed by atoms with Gasteiger partial charge in [0, 0.05) is 36.4 Å². The Morgan fingerprint density at radius 2 is 2.12 bits per heavy atom. The third-order valence-electron chi connectivity index (χ3n) is 4.43. The van der Waals surface area contributed by atoms with E-state index >= 15 is 0 Å². The van der Waals surface area contributed by atoms with Gasteiger partial charge in [0.05, 0.1) is 29.8 Å². The minimum atomic E-state index is 0.0436. The molecule has 24 heavy (non-hydrogen) atoms. The number of ether oxygens (including phenoxy) is 1. The fourth-order valence-corrected chi connectivity index (χ4v) is 4.76. The lowest BCUT2D eigenvalue weighted by Crippen LogP contribution is -2.50. The van der Waals surface area contributed by atoms with E-state index in [0.29, 0.717) is 10.6 Å². The molecular weight excluding hydrogens is 412 g/mol. The highest BCUT2D eigenvalue weighted by Gasteiger charge is 2.29. The lowest BCUT2D eigenvalue weighted by atomic mass is 10.1. The highest BCUT2D eigenvalue weighted by Crippen LogP contribution is 2.26. The SMILES string of the molecule is O=C(c1cc(Br)ccc1Cl)N1CCCSCC1CN1CCOCC1. The third kappa shape index (κ3) is 4.67. The number of morpholine rings is 1. The van der Waals surface area contributed by atoms with Gasteiger partial charge in [-0.15, -0.1) is 0 Å². The zero-order chi connectivity index (χ0) is 16.9. The van der Waals surface area contributed by atoms with Crippen LogP contribution in [0.4, 0.5) is 0 Å². The van der Waals surface area contributed by atoms with E-state index in [4.69, 9.17) is 16.3 Å². The minimum Gasteiger partial charge on any atom is -0.379 e. The number of halogens is 2. The number of amides is 1. The monoisotopic (exact) mass is 432 g/mol. The average Bonchev–Trinajstić information content (AvgIpc) is 2.83. The number of thioether (sulfide) groups is 1. The summed E-state index contributed by atoms with van der Waals surface area (Å²) >= 11 is 11.7. The summed E-state index contributed by atoms with van der Waals surface area (Å²) in [5.41, 5.74) is 0.588. The molecule has 132 valence electrons. The van der Waals surface area contributed by atoms with Crippen LogP contribution in [0.1, 0.15) is 16.8 Å². The van der Waals surface area contributed by atoms with Crippen LogP contribution in [-0.2, 0) is 4.74 Å². The third-order valence-corrected chi connectivity index (χ3v) is 6.45. The molecule has 2 aliphatic heterocycles. The average molecular weight is 434 g/mol. The highest BCUT2D eigenvalue weighted by molar-refractivity contribution is 9.10. The minimum absolute atomic E-state index is 0.0436. The Labute approximate surface area is 161 Å². The first kappa shape index (κ1) is 18.5. The van der Waals surface area contributed by atoms with Crippen LogP contribution in [0.2, 0.25) is 5.02 Å². The van der Waals surface area contributed by atoms with Gasteiger partial charge in [0.2, 0.25) is 0 Å². The Morgan fingerprint density at radius 3 is 2.92 bits per heavy atom. The number of benzene rings is 1. The van der Waals surface area contributed by atoms with E-state index in [9.17, 15) is 4.79 Å². The van der Waals surface area contributed by atoms with Gasteiger partial charge in [-0.1, -0.05) is 27.5 Å². The molecule has 1 aromatic rings. The van der Waals surface area contributed by atoms with Crippen LogP contribution < -0.4 is 0 Å². The Morgan fingerprint density at radius 1 is 1.33 bits per heavy atom. The van der Waals surface area contributed by atoms with E-state index in [0.717, 1.165) is 61.8 Å². The molecule has 2 aliphatic rings. The van der Waals surface area contributed by atoms with Crippen molar-refractivity contribution < 1.29 is 9.53 Å². The summed E-state index contributed by atoms with van der Waals surface area (Å²) in [6, 6.07) is 5.69. The van der Waals surface area contributed by atoms with Gasteiger partial charge in [0.1, 0.15) is 0 Å². The molecule has 0 spiro atoms. The van der Waals surface area contributed by atoms with E-state index < -0.39 is 0 Å². The van der Waals surface area contributed by atoms with Crippen LogP contribution >= 0.6 is 39.3 Å². The lowest BCUT2D eigenvalue weighted by Gasteiger charge is -2.35. The van der Waals surface area contributed by atoms with Gasteiger partial charge in [-0.2, -0.15) is 11.8 Å². The zero-order valence-electron chi connectivity index (χ0n) is 13.5. The lowest BCUT2D eigenvalue weighted by molar-refractivity contribution is 0.0245. The number of hydrogen-bond donors (Lipinski definition) is 0. The van der Waals surface area contributed by atoms with Gasteiger partial charge in [0.25, 0.3) is 5.91 Å². The van der Waals surface area contributed by atoms with Crippen molar-refractivity contribution in [3.63, 3.8) is 0 Å². The second-order valence-electron chi connectivity index (χ2n) is 6.12. The maximum Gasteiger partial charge on any atom is 0.255 e. The molecule has 0 N–H and O–H groups in total. The van der Waals surface area contributed by atoms with Gasteiger partial charge in [-0.25, -0.2) is 0 Å². The number of carbonyl (C=O) groups excluding carboxylic acids is 1. The van der Waals surface area contributed by atoms with E-state index in [2.05, 4.69) is 20.8 Å². The molecule has 2 fully saturated rings. The molecule has 0 saturated carbocycles. The maximum atomic E-state index is 13.1. The van der Waals surface area contributed by atoms with Crippen molar-refractivity contribution >= 4 is 45.2 Å². The first-order valence-corrected chi connectivity index (χ1v) is 10.6. The quantitative estimate of drug-likeness (QED) is 0.731. The molecule has 1 atom stereocenters. The molecule has 7 heteroatoms. The topological polar surface area (TPSA) is 32.8 Å². The summed E-state index contributed by atoms with van der Waals surface area (Å²) in [6.45, 7) is 5.16. The molecule has 1 aromatic carbocycles. The Balaban J connectivity index is 1.78. The predicted molar refractivity (Wildman–Crippen MR) is 103 cm³/mol. The molecule has 1 amide bonds. The van der Waals surface area contributed by atoms with Gasteiger partial charge in [-0.05, 0) is 30.4 Å². The zero-order valence-corrected chi connectivity index (χ0v) is 16.7. The van der Waals surface area contributed by atoms with Crippen molar-refractivity contribution in [1.29, 1.82) is 0 Å². The van der Waals surface area contributed by atoms with Crippen LogP contribution in [0.5, 0.6) is 0 Å². The second-order valence-corrected chi connectivity index (χ2v) is 8.59. The summed E-state index contributed by atoms with van der Waals surface area (Å²) in [4.78, 5) is 17.6. The number of hydrogen-bond acceptors (Lipinski definition) is 4. The van der Waals surface area contributed by atoms with Crippen LogP contribution in [0.15, 0.2) is 22.7 Å². The Bertz CT molecular complexity index is 584. The maximum absolute atomic E-state index is 13.1. The van der Waals surface area contributed by atoms with Crippen LogP contribution in [0.3, 0.4) is 0 Å². The van der Waals surface area contributed by atoms with Crippen molar-refractivity contribution in [2.45, 2.75) is 12.5 Å². The number of carbonyl (C=O) groups is 1. The van der Waals surface area contributed by atoms with Gasteiger partial charge < -0.3 is 9.64 Å². The van der Waals surface area contributed by atoms with Gasteiger partial charge in [0.15, 0.2) is 0 Å². The fraction of sp³-hybridized carbons (Fsp3) is 0.588. The normalized spacial score (nSPS) is 23.1. The molecular formula is C17H22BrClN2O2S. The fourth-order valence-electron chi connectivity index (χ4n) is 3.15. The Kier molecular flexibility index (Phi) is 6.87. The molecule has 2 heterocycles. The molecule has 0 bridgehead atoms. The van der Waals surface area contributed by atoms with Crippen molar-refractivity contribution in [2.75, 3.05) is 50.9 Å². The van der Waals surface area contributed by atoms with E-state index in [1.54, 1.807) is 6.07 Å². The van der Waals surface area contributed by atoms with Crippen molar-refractivity contribution in [1.82, 2.24) is 9.80 Å². The molecule has 1 unspecified atom stereocenters. The predicted octanol–water partition coefficient (Wildman–Crippen LogP) is 3.38. The van der Waals surface area contributed by atoms with Crippen LogP contribution in [0, 0.1) is 0 Å². The molecule has 0 radical (unpaired) electrons. The second kappa shape index (κ2) is 8.90. The first-order valence-electron chi connectivity index (χ1n) is 8.29. The summed E-state index contributed by atoms with van der Waals surface area (Å²) in [6.07, 6.45) is 1.03. The van der Waals surface area contributed by atoms with E-state index in [1.807, 2.05) is 28.8 Å². The van der Waals surface area contributed by atoms with E-state index in [1.165, 1.54) is 0 Å². The molecule has 0 aromatic heterocycles. The van der Waals surface area contributed by atoms with E-state index in [-0.39, 0.29) is 11.9 Å². The molecule has 0 aliphatic carbocycles. The standard InChI is InChI=1S/C17H22BrClN2O2S/c18-13-2-3-16(19)15(10-13)17(22)21-4-1-9-24-12-14(21)11-20-5-7-23-8-6-20/h2-3,10,14H,1,4-9,11-12H2. The summed E-state index contributed by atoms with van der Waals surface area (Å²) in [7, 11) is 0. The number of rotatable bonds is 3.